The van der Waals surface area contributed by atoms with Crippen molar-refractivity contribution in [1.29, 1.82) is 0 Å². The molecule has 0 aromatic heterocycles. The molecule has 0 aromatic rings. The standard InChI is InChI=1S/C3H7ClO3Si/c4-1-6-3-8-7-2-5/h2H,1,3,8H2. The summed E-state index contributed by atoms with van der Waals surface area (Å²) in [5.41, 5.74) is 0. The van der Waals surface area contributed by atoms with Gasteiger partial charge in [-0.1, -0.05) is 11.6 Å². The van der Waals surface area contributed by atoms with Crippen molar-refractivity contribution < 1.29 is 14.0 Å². The maximum absolute atomic E-state index is 9.49. The quantitative estimate of drug-likeness (QED) is 0.230. The van der Waals surface area contributed by atoms with Gasteiger partial charge in [-0.15, -0.1) is 0 Å². The van der Waals surface area contributed by atoms with Crippen molar-refractivity contribution in [2.75, 3.05) is 12.3 Å². The number of ether oxygens (including phenoxy) is 1. The summed E-state index contributed by atoms with van der Waals surface area (Å²) in [5.74, 6) is 0. The zero-order chi connectivity index (χ0) is 6.24. The fourth-order valence-electron chi connectivity index (χ4n) is 0.210. The average molecular weight is 155 g/mol. The van der Waals surface area contributed by atoms with Gasteiger partial charge in [-0.25, -0.2) is 0 Å². The van der Waals surface area contributed by atoms with Gasteiger partial charge in [0.15, 0.2) is 0 Å². The van der Waals surface area contributed by atoms with Gasteiger partial charge in [0.1, 0.15) is 6.07 Å². The number of hydrogen-bond acceptors (Lipinski definition) is 3. The van der Waals surface area contributed by atoms with Crippen LogP contribution in [0.25, 0.3) is 0 Å². The summed E-state index contributed by atoms with van der Waals surface area (Å²) in [7, 11) is -0.774. The first-order valence-electron chi connectivity index (χ1n) is 2.10. The number of alkyl halides is 1. The molecule has 0 aliphatic carbocycles. The molecule has 5 heteroatoms. The number of carbonyl (C=O) groups excluding carboxylic acids is 1. The summed E-state index contributed by atoms with van der Waals surface area (Å²) in [5, 5.41) is 0. The van der Waals surface area contributed by atoms with E-state index < -0.39 is 9.76 Å². The average Bonchev–Trinajstić information content (AvgIpc) is 1.81. The molecule has 0 bridgehead atoms. The fraction of sp³-hybridized carbons (Fsp3) is 0.667. The summed E-state index contributed by atoms with van der Waals surface area (Å²) in [6.45, 7) is 0.434. The van der Waals surface area contributed by atoms with Crippen molar-refractivity contribution in [2.24, 2.45) is 0 Å². The minimum Gasteiger partial charge on any atom is -0.525 e. The molecule has 0 unspecified atom stereocenters. The van der Waals surface area contributed by atoms with Crippen molar-refractivity contribution in [3.8, 4) is 0 Å². The predicted octanol–water partition coefficient (Wildman–Crippen LogP) is -0.586. The van der Waals surface area contributed by atoms with Crippen molar-refractivity contribution in [2.45, 2.75) is 0 Å². The zero-order valence-corrected chi connectivity index (χ0v) is 6.47. The first kappa shape index (κ1) is 7.94. The second-order valence-electron chi connectivity index (χ2n) is 0.984. The van der Waals surface area contributed by atoms with E-state index in [2.05, 4.69) is 9.16 Å². The molecule has 0 aliphatic heterocycles. The Hall–Kier alpha value is -0.0631. The van der Waals surface area contributed by atoms with Gasteiger partial charge in [-0.3, -0.25) is 4.79 Å². The monoisotopic (exact) mass is 154 g/mol. The van der Waals surface area contributed by atoms with Gasteiger partial charge in [0.2, 0.25) is 9.76 Å². The molecular formula is C3H7ClO3Si. The highest BCUT2D eigenvalue weighted by Gasteiger charge is 1.84. The molecule has 0 N–H and O–H groups in total. The highest BCUT2D eigenvalue weighted by atomic mass is 35.5. The Kier molecular flexibility index (Phi) is 6.88. The Morgan fingerprint density at radius 1 is 1.75 bits per heavy atom. The fourth-order valence-corrected chi connectivity index (χ4v) is 0.956. The van der Waals surface area contributed by atoms with Gasteiger partial charge in [0, 0.05) is 0 Å². The lowest BCUT2D eigenvalue weighted by molar-refractivity contribution is -0.120. The van der Waals surface area contributed by atoms with Crippen LogP contribution in [0.3, 0.4) is 0 Å². The van der Waals surface area contributed by atoms with E-state index in [9.17, 15) is 4.79 Å². The summed E-state index contributed by atoms with van der Waals surface area (Å²) in [6.07, 6.45) is 0.502. The SMILES string of the molecule is O=CO[SiH2]COCCl. The molecule has 0 spiro atoms. The van der Waals surface area contributed by atoms with Gasteiger partial charge in [-0.05, 0) is 0 Å². The van der Waals surface area contributed by atoms with Gasteiger partial charge in [0.05, 0.1) is 6.23 Å². The van der Waals surface area contributed by atoms with Gasteiger partial charge in [0.25, 0.3) is 6.47 Å². The molecule has 0 aromatic carbocycles. The first-order chi connectivity index (χ1) is 3.91. The molecule has 0 aliphatic rings. The van der Waals surface area contributed by atoms with Crippen LogP contribution in [-0.2, 0) is 14.0 Å². The van der Waals surface area contributed by atoms with Crippen LogP contribution in [0, 0.1) is 0 Å². The maximum Gasteiger partial charge on any atom is 0.279 e. The summed E-state index contributed by atoms with van der Waals surface area (Å²) in [4.78, 5) is 9.49. The van der Waals surface area contributed by atoms with Crippen LogP contribution >= 0.6 is 11.6 Å². The Labute approximate surface area is 54.9 Å². The molecule has 8 heavy (non-hydrogen) atoms. The summed E-state index contributed by atoms with van der Waals surface area (Å²) >= 11 is 5.14. The predicted molar refractivity (Wildman–Crippen MR) is 32.4 cm³/mol. The van der Waals surface area contributed by atoms with Crippen LogP contribution in [0.4, 0.5) is 0 Å². The maximum atomic E-state index is 9.49. The Balaban J connectivity index is 2.62. The molecule has 3 nitrogen and oxygen atoms in total. The lowest BCUT2D eigenvalue weighted by Crippen LogP contribution is -2.05. The van der Waals surface area contributed by atoms with E-state index in [0.717, 1.165) is 0 Å². The van der Waals surface area contributed by atoms with Crippen LogP contribution < -0.4 is 0 Å². The topological polar surface area (TPSA) is 35.5 Å². The third-order valence-corrected chi connectivity index (χ3v) is 1.47. The van der Waals surface area contributed by atoms with Crippen LogP contribution in [0.2, 0.25) is 0 Å². The summed E-state index contributed by atoms with van der Waals surface area (Å²) < 4.78 is 9.09. The van der Waals surface area contributed by atoms with Crippen molar-refractivity contribution in [3.05, 3.63) is 0 Å². The van der Waals surface area contributed by atoms with E-state index in [1.165, 1.54) is 0 Å². The molecule has 0 fully saturated rings. The normalized spacial score (nSPS) is 10.1. The lowest BCUT2D eigenvalue weighted by Gasteiger charge is -1.94. The highest BCUT2D eigenvalue weighted by Crippen LogP contribution is 1.75. The Bertz CT molecular complexity index is 60.5. The second kappa shape index (κ2) is 6.94. The van der Waals surface area contributed by atoms with Crippen LogP contribution in [0.1, 0.15) is 0 Å². The molecule has 0 rings (SSSR count). The molecule has 48 valence electrons. The molecule has 0 amide bonds. The number of halogens is 1. The van der Waals surface area contributed by atoms with E-state index >= 15 is 0 Å². The first-order valence-corrected chi connectivity index (χ1v) is 4.22. The van der Waals surface area contributed by atoms with Crippen molar-refractivity contribution in [3.63, 3.8) is 0 Å². The lowest BCUT2D eigenvalue weighted by atomic mass is 11.5. The molecule has 0 atom stereocenters. The van der Waals surface area contributed by atoms with E-state index in [-0.39, 0.29) is 6.07 Å². The summed E-state index contributed by atoms with van der Waals surface area (Å²) in [6, 6.07) is 0.176. The van der Waals surface area contributed by atoms with Gasteiger partial charge >= 0.3 is 0 Å². The largest absolute Gasteiger partial charge is 0.525 e. The molecule has 0 saturated carbocycles. The third kappa shape index (κ3) is 5.94. The number of hydrogen-bond donors (Lipinski definition) is 0. The minimum absolute atomic E-state index is 0.176. The third-order valence-electron chi connectivity index (χ3n) is 0.491. The zero-order valence-electron chi connectivity index (χ0n) is 4.30. The van der Waals surface area contributed by atoms with Crippen LogP contribution in [0.15, 0.2) is 0 Å². The smallest absolute Gasteiger partial charge is 0.279 e. The molecule has 0 radical (unpaired) electrons. The Morgan fingerprint density at radius 3 is 3.00 bits per heavy atom. The minimum atomic E-state index is -0.774. The van der Waals surface area contributed by atoms with Crippen molar-refractivity contribution in [1.82, 2.24) is 0 Å². The Morgan fingerprint density at radius 2 is 2.50 bits per heavy atom. The molecule has 0 heterocycles. The second-order valence-corrected chi connectivity index (χ2v) is 2.35. The van der Waals surface area contributed by atoms with E-state index in [4.69, 9.17) is 11.6 Å². The van der Waals surface area contributed by atoms with Crippen LogP contribution in [-0.4, -0.2) is 28.5 Å². The van der Waals surface area contributed by atoms with E-state index in [1.807, 2.05) is 0 Å². The molecular weight excluding hydrogens is 148 g/mol. The molecule has 0 saturated heterocycles. The van der Waals surface area contributed by atoms with Gasteiger partial charge in [-0.2, -0.15) is 0 Å². The van der Waals surface area contributed by atoms with E-state index in [1.54, 1.807) is 0 Å². The highest BCUT2D eigenvalue weighted by molar-refractivity contribution is 6.29. The van der Waals surface area contributed by atoms with Crippen molar-refractivity contribution >= 4 is 27.8 Å². The number of carbonyl (C=O) groups is 1. The van der Waals surface area contributed by atoms with E-state index in [0.29, 0.717) is 12.7 Å². The van der Waals surface area contributed by atoms with Gasteiger partial charge < -0.3 is 9.16 Å². The number of rotatable bonds is 5. The van der Waals surface area contributed by atoms with Crippen LogP contribution in [0.5, 0.6) is 0 Å².